The normalized spacial score (nSPS) is 10.8. The number of hydrogen-bond donors (Lipinski definition) is 3. The van der Waals surface area contributed by atoms with E-state index in [1.807, 2.05) is 39.0 Å². The number of nitrogens with one attached hydrogen (secondary N) is 3. The van der Waals surface area contributed by atoms with E-state index in [1.165, 1.54) is 13.3 Å². The van der Waals surface area contributed by atoms with Gasteiger partial charge >= 0.3 is 11.8 Å². The number of rotatable bonds is 12. The molecule has 194 valence electrons. The zero-order chi connectivity index (χ0) is 26.5. The van der Waals surface area contributed by atoms with Crippen molar-refractivity contribution in [1.29, 1.82) is 0 Å². The van der Waals surface area contributed by atoms with Crippen molar-refractivity contribution in [2.45, 2.75) is 33.3 Å². The molecule has 36 heavy (non-hydrogen) atoms. The van der Waals surface area contributed by atoms with Gasteiger partial charge in [-0.15, -0.1) is 0 Å². The molecule has 0 aliphatic rings. The number of carbonyl (C=O) groups is 3. The van der Waals surface area contributed by atoms with Gasteiger partial charge in [0.2, 0.25) is 0 Å². The third-order valence-corrected chi connectivity index (χ3v) is 5.35. The minimum absolute atomic E-state index is 0.115. The summed E-state index contributed by atoms with van der Waals surface area (Å²) in [5, 5.41) is 9.12. The number of hydrogen-bond acceptors (Lipinski definition) is 7. The van der Waals surface area contributed by atoms with Crippen molar-refractivity contribution in [1.82, 2.24) is 10.7 Å². The van der Waals surface area contributed by atoms with E-state index >= 15 is 0 Å². The molecule has 10 nitrogen and oxygen atoms in total. The Kier molecular flexibility index (Phi) is 12.1. The Morgan fingerprint density at radius 3 is 2.61 bits per heavy atom. The van der Waals surface area contributed by atoms with Crippen LogP contribution in [0.15, 0.2) is 41.5 Å². The number of nitrogens with zero attached hydrogens (tertiary/aromatic N) is 1. The van der Waals surface area contributed by atoms with Crippen LogP contribution in [0, 0.1) is 10.5 Å². The number of hydrazone groups is 1. The monoisotopic (exact) mass is 610 g/mol. The van der Waals surface area contributed by atoms with Crippen LogP contribution in [0.1, 0.15) is 31.4 Å². The summed E-state index contributed by atoms with van der Waals surface area (Å²) in [5.74, 6) is -1.18. The van der Waals surface area contributed by atoms with Crippen LogP contribution in [0.25, 0.3) is 0 Å². The molecule has 0 atom stereocenters. The average molecular weight is 610 g/mol. The van der Waals surface area contributed by atoms with Gasteiger partial charge in [0.1, 0.15) is 0 Å². The number of methoxy groups -OCH3 is 1. The maximum Gasteiger partial charge on any atom is 0.329 e. The SMILES string of the molecule is COc1cc(/C=N\NC(=O)C(=O)NCCCOC(C)C)cc(I)c1OCC(=O)Nc1cccc(C)c1. The molecule has 0 bridgehead atoms. The van der Waals surface area contributed by atoms with Crippen molar-refractivity contribution < 1.29 is 28.6 Å². The van der Waals surface area contributed by atoms with Crippen molar-refractivity contribution in [2.75, 3.05) is 32.2 Å². The highest BCUT2D eigenvalue weighted by molar-refractivity contribution is 14.1. The van der Waals surface area contributed by atoms with Crippen molar-refractivity contribution >= 4 is 52.2 Å². The van der Waals surface area contributed by atoms with E-state index in [4.69, 9.17) is 14.2 Å². The molecule has 0 saturated carbocycles. The molecule has 0 spiro atoms. The van der Waals surface area contributed by atoms with Gasteiger partial charge in [0.15, 0.2) is 18.1 Å². The molecule has 3 N–H and O–H groups in total. The molecular weight excluding hydrogens is 579 g/mol. The summed E-state index contributed by atoms with van der Waals surface area (Å²) in [5.41, 5.74) is 4.51. The van der Waals surface area contributed by atoms with Crippen molar-refractivity contribution in [3.05, 3.63) is 51.1 Å². The first-order valence-corrected chi connectivity index (χ1v) is 12.4. The van der Waals surface area contributed by atoms with Gasteiger partial charge in [-0.05, 0) is 85.2 Å². The fourth-order valence-electron chi connectivity index (χ4n) is 2.90. The zero-order valence-corrected chi connectivity index (χ0v) is 22.9. The smallest absolute Gasteiger partial charge is 0.329 e. The number of aryl methyl sites for hydroxylation is 1. The van der Waals surface area contributed by atoms with Crippen LogP contribution >= 0.6 is 22.6 Å². The summed E-state index contributed by atoms with van der Waals surface area (Å²) >= 11 is 2.05. The highest BCUT2D eigenvalue weighted by atomic mass is 127. The standard InChI is InChI=1S/C25H31IN4O6/c1-16(2)35-10-6-9-27-24(32)25(33)30-28-14-18-12-20(26)23(21(13-18)34-4)36-15-22(31)29-19-8-5-7-17(3)11-19/h5,7-8,11-14,16H,6,9-10,15H2,1-4H3,(H,27,32)(H,29,31)(H,30,33)/b28-14-. The summed E-state index contributed by atoms with van der Waals surface area (Å²) in [6.07, 6.45) is 2.09. The first-order chi connectivity index (χ1) is 17.2. The molecule has 2 rings (SSSR count). The third-order valence-electron chi connectivity index (χ3n) is 4.55. The molecule has 0 heterocycles. The molecule has 11 heteroatoms. The minimum Gasteiger partial charge on any atom is -0.493 e. The molecule has 0 aliphatic carbocycles. The van der Waals surface area contributed by atoms with E-state index in [0.717, 1.165) is 5.56 Å². The molecule has 0 unspecified atom stereocenters. The summed E-state index contributed by atoms with van der Waals surface area (Å²) in [6.45, 7) is 6.40. The summed E-state index contributed by atoms with van der Waals surface area (Å²) in [7, 11) is 1.48. The molecule has 3 amide bonds. The Bertz CT molecular complexity index is 1090. The molecular formula is C25H31IN4O6. The Hall–Kier alpha value is -3.19. The van der Waals surface area contributed by atoms with Crippen molar-refractivity contribution in [3.8, 4) is 11.5 Å². The lowest BCUT2D eigenvalue weighted by molar-refractivity contribution is -0.139. The van der Waals surface area contributed by atoms with Gasteiger partial charge in [-0.2, -0.15) is 5.10 Å². The van der Waals surface area contributed by atoms with Gasteiger partial charge in [0, 0.05) is 18.8 Å². The van der Waals surface area contributed by atoms with Crippen molar-refractivity contribution in [2.24, 2.45) is 5.10 Å². The predicted octanol–water partition coefficient (Wildman–Crippen LogP) is 3.01. The van der Waals surface area contributed by atoms with E-state index in [1.54, 1.807) is 18.2 Å². The van der Waals surface area contributed by atoms with Gasteiger partial charge in [-0.3, -0.25) is 14.4 Å². The lowest BCUT2D eigenvalue weighted by atomic mass is 10.2. The summed E-state index contributed by atoms with van der Waals surface area (Å²) in [6, 6.07) is 10.8. The van der Waals surface area contributed by atoms with Crippen LogP contribution in [0.4, 0.5) is 5.69 Å². The second-order valence-electron chi connectivity index (χ2n) is 7.97. The first kappa shape index (κ1) is 29.0. The number of amides is 3. The molecule has 0 radical (unpaired) electrons. The average Bonchev–Trinajstić information content (AvgIpc) is 2.82. The quantitative estimate of drug-likeness (QED) is 0.112. The van der Waals surface area contributed by atoms with Gasteiger partial charge in [0.05, 0.1) is 23.0 Å². The van der Waals surface area contributed by atoms with E-state index in [2.05, 4.69) is 43.8 Å². The topological polar surface area (TPSA) is 127 Å². The van der Waals surface area contributed by atoms with Crippen LogP contribution in [0.5, 0.6) is 11.5 Å². The largest absolute Gasteiger partial charge is 0.493 e. The number of carbonyl (C=O) groups excluding carboxylic acids is 3. The maximum absolute atomic E-state index is 12.3. The number of halogens is 1. The number of ether oxygens (including phenoxy) is 3. The first-order valence-electron chi connectivity index (χ1n) is 11.3. The van der Waals surface area contributed by atoms with E-state index in [0.29, 0.717) is 45.9 Å². The third kappa shape index (κ3) is 10.2. The highest BCUT2D eigenvalue weighted by Crippen LogP contribution is 2.33. The predicted molar refractivity (Wildman–Crippen MR) is 145 cm³/mol. The minimum atomic E-state index is -0.878. The van der Waals surface area contributed by atoms with Gasteiger partial charge in [0.25, 0.3) is 5.91 Å². The molecule has 0 fully saturated rings. The lowest BCUT2D eigenvalue weighted by Gasteiger charge is -2.13. The molecule has 2 aromatic carbocycles. The van der Waals surface area contributed by atoms with Gasteiger partial charge in [-0.25, -0.2) is 5.43 Å². The zero-order valence-electron chi connectivity index (χ0n) is 20.7. The summed E-state index contributed by atoms with van der Waals surface area (Å²) in [4.78, 5) is 36.0. The van der Waals surface area contributed by atoms with Crippen LogP contribution < -0.4 is 25.5 Å². The lowest BCUT2D eigenvalue weighted by Crippen LogP contribution is -2.38. The Morgan fingerprint density at radius 2 is 1.92 bits per heavy atom. The van der Waals surface area contributed by atoms with Crippen LogP contribution in [-0.4, -0.2) is 56.9 Å². The van der Waals surface area contributed by atoms with Crippen LogP contribution in [-0.2, 0) is 19.1 Å². The Balaban J connectivity index is 1.88. The van der Waals surface area contributed by atoms with E-state index < -0.39 is 11.8 Å². The van der Waals surface area contributed by atoms with Crippen molar-refractivity contribution in [3.63, 3.8) is 0 Å². The fraction of sp³-hybridized carbons (Fsp3) is 0.360. The highest BCUT2D eigenvalue weighted by Gasteiger charge is 2.14. The fourth-order valence-corrected chi connectivity index (χ4v) is 3.68. The molecule has 0 aliphatic heterocycles. The van der Waals surface area contributed by atoms with Gasteiger partial charge in [-0.1, -0.05) is 12.1 Å². The summed E-state index contributed by atoms with van der Waals surface area (Å²) < 4.78 is 17.1. The molecule has 0 saturated heterocycles. The second kappa shape index (κ2) is 15.0. The Morgan fingerprint density at radius 1 is 1.14 bits per heavy atom. The Labute approximate surface area is 224 Å². The van der Waals surface area contributed by atoms with Gasteiger partial charge < -0.3 is 24.8 Å². The van der Waals surface area contributed by atoms with Crippen LogP contribution in [0.2, 0.25) is 0 Å². The second-order valence-corrected chi connectivity index (χ2v) is 9.13. The molecule has 2 aromatic rings. The van der Waals surface area contributed by atoms with Crippen LogP contribution in [0.3, 0.4) is 0 Å². The maximum atomic E-state index is 12.3. The van der Waals surface area contributed by atoms with E-state index in [-0.39, 0.29) is 18.6 Å². The number of benzene rings is 2. The van der Waals surface area contributed by atoms with E-state index in [9.17, 15) is 14.4 Å². The molecule has 0 aromatic heterocycles. The number of anilines is 1.